The van der Waals surface area contributed by atoms with Crippen molar-refractivity contribution in [1.82, 2.24) is 4.31 Å². The number of hydrogen-bond donors (Lipinski definition) is 1. The normalized spacial score (nSPS) is 18.6. The second kappa shape index (κ2) is 7.13. The first-order valence-electron chi connectivity index (χ1n) is 8.99. The van der Waals surface area contributed by atoms with Gasteiger partial charge in [0.05, 0.1) is 10.6 Å². The topological polar surface area (TPSA) is 66.5 Å². The van der Waals surface area contributed by atoms with Crippen LogP contribution in [0.25, 0.3) is 0 Å². The van der Waals surface area contributed by atoms with E-state index in [4.69, 9.17) is 0 Å². The van der Waals surface area contributed by atoms with Crippen molar-refractivity contribution in [2.45, 2.75) is 37.0 Å². The van der Waals surface area contributed by atoms with Gasteiger partial charge < -0.3 is 5.32 Å². The van der Waals surface area contributed by atoms with Crippen LogP contribution in [-0.2, 0) is 27.7 Å². The summed E-state index contributed by atoms with van der Waals surface area (Å²) < 4.78 is 27.4. The molecule has 1 aromatic heterocycles. The molecule has 2 aliphatic rings. The lowest BCUT2D eigenvalue weighted by Gasteiger charge is -2.30. The summed E-state index contributed by atoms with van der Waals surface area (Å²) in [5.74, 6) is -0.153. The number of carbonyl (C=O) groups is 1. The molecular weight excluding hydrogens is 368 g/mol. The first-order valence-corrected chi connectivity index (χ1v) is 11.4. The van der Waals surface area contributed by atoms with Crippen molar-refractivity contribution in [2.75, 3.05) is 18.4 Å². The Morgan fingerprint density at radius 1 is 1.12 bits per heavy atom. The number of nitrogens with one attached hydrogen (secondary N) is 1. The zero-order valence-corrected chi connectivity index (χ0v) is 16.1. The molecule has 0 bridgehead atoms. The van der Waals surface area contributed by atoms with Crippen LogP contribution < -0.4 is 5.32 Å². The lowest BCUT2D eigenvalue weighted by molar-refractivity contribution is -0.120. The van der Waals surface area contributed by atoms with Crippen LogP contribution in [0.1, 0.15) is 30.4 Å². The standard InChI is InChI=1S/C19H22N2O3S2/c22-19(20-17-8-11-25-13-17)15-6-9-21(10-7-15)26(23,24)18-5-4-14-2-1-3-16(14)12-18/h4-5,8,11-13,15H,1-3,6-7,9-10H2,(H,20,22). The zero-order chi connectivity index (χ0) is 18.1. The number of benzene rings is 1. The Labute approximate surface area is 158 Å². The quantitative estimate of drug-likeness (QED) is 0.871. The molecule has 0 unspecified atom stereocenters. The SMILES string of the molecule is O=C(Nc1ccsc1)C1CCN(S(=O)(=O)c2ccc3c(c2)CCC3)CC1. The van der Waals surface area contributed by atoms with E-state index in [1.54, 1.807) is 6.07 Å². The zero-order valence-electron chi connectivity index (χ0n) is 14.5. The molecule has 26 heavy (non-hydrogen) atoms. The monoisotopic (exact) mass is 390 g/mol. The lowest BCUT2D eigenvalue weighted by atomic mass is 9.97. The number of rotatable bonds is 4. The number of anilines is 1. The van der Waals surface area contributed by atoms with E-state index in [-0.39, 0.29) is 11.8 Å². The van der Waals surface area contributed by atoms with Crippen LogP contribution in [0.4, 0.5) is 5.69 Å². The second-order valence-corrected chi connectivity index (χ2v) is 9.68. The van der Waals surface area contributed by atoms with Crippen LogP contribution in [0.3, 0.4) is 0 Å². The number of hydrogen-bond acceptors (Lipinski definition) is 4. The van der Waals surface area contributed by atoms with Crippen LogP contribution in [-0.4, -0.2) is 31.7 Å². The van der Waals surface area contributed by atoms with Gasteiger partial charge in [-0.1, -0.05) is 6.07 Å². The van der Waals surface area contributed by atoms with Crippen molar-refractivity contribution in [3.8, 4) is 0 Å². The lowest BCUT2D eigenvalue weighted by Crippen LogP contribution is -2.41. The van der Waals surface area contributed by atoms with Gasteiger partial charge in [-0.3, -0.25) is 4.79 Å². The Balaban J connectivity index is 1.41. The molecule has 2 aromatic rings. The highest BCUT2D eigenvalue weighted by Crippen LogP contribution is 2.29. The smallest absolute Gasteiger partial charge is 0.243 e. The molecule has 138 valence electrons. The number of fused-ring (bicyclic) bond motifs is 1. The van der Waals surface area contributed by atoms with Gasteiger partial charge in [0.15, 0.2) is 0 Å². The summed E-state index contributed by atoms with van der Waals surface area (Å²) in [4.78, 5) is 12.7. The predicted octanol–water partition coefficient (Wildman–Crippen LogP) is 3.28. The molecule has 2 heterocycles. The van der Waals surface area contributed by atoms with E-state index < -0.39 is 10.0 Å². The molecule has 1 amide bonds. The van der Waals surface area contributed by atoms with Crippen LogP contribution in [0.5, 0.6) is 0 Å². The third-order valence-electron chi connectivity index (χ3n) is 5.32. The number of nitrogens with zero attached hydrogens (tertiary/aromatic N) is 1. The third-order valence-corrected chi connectivity index (χ3v) is 7.90. The van der Waals surface area contributed by atoms with E-state index >= 15 is 0 Å². The van der Waals surface area contributed by atoms with Crippen molar-refractivity contribution in [3.05, 3.63) is 46.2 Å². The van der Waals surface area contributed by atoms with Gasteiger partial charge in [0, 0.05) is 24.4 Å². The first kappa shape index (κ1) is 17.7. The Morgan fingerprint density at radius 3 is 2.62 bits per heavy atom. The van der Waals surface area contributed by atoms with E-state index in [0.717, 1.165) is 30.5 Å². The Hall–Kier alpha value is -1.70. The summed E-state index contributed by atoms with van der Waals surface area (Å²) in [6.07, 6.45) is 4.22. The highest BCUT2D eigenvalue weighted by Gasteiger charge is 2.32. The molecule has 0 saturated carbocycles. The molecule has 0 radical (unpaired) electrons. The molecule has 1 N–H and O–H groups in total. The summed E-state index contributed by atoms with van der Waals surface area (Å²) in [5.41, 5.74) is 3.25. The van der Waals surface area contributed by atoms with Gasteiger partial charge in [-0.25, -0.2) is 8.42 Å². The van der Waals surface area contributed by atoms with Crippen molar-refractivity contribution in [1.29, 1.82) is 0 Å². The summed E-state index contributed by atoms with van der Waals surface area (Å²) in [5, 5.41) is 6.72. The highest BCUT2D eigenvalue weighted by atomic mass is 32.2. The summed E-state index contributed by atoms with van der Waals surface area (Å²) in [6, 6.07) is 7.40. The molecule has 1 fully saturated rings. The summed E-state index contributed by atoms with van der Waals surface area (Å²) in [6.45, 7) is 0.780. The number of carbonyl (C=O) groups excluding carboxylic acids is 1. The molecule has 4 rings (SSSR count). The fraction of sp³-hybridized carbons (Fsp3) is 0.421. The van der Waals surface area contributed by atoms with E-state index in [1.807, 2.05) is 29.0 Å². The van der Waals surface area contributed by atoms with Gasteiger partial charge in [-0.05, 0) is 66.8 Å². The number of piperidine rings is 1. The average Bonchev–Trinajstić information content (AvgIpc) is 3.32. The van der Waals surface area contributed by atoms with Gasteiger partial charge in [-0.2, -0.15) is 15.6 Å². The van der Waals surface area contributed by atoms with E-state index in [2.05, 4.69) is 5.32 Å². The summed E-state index contributed by atoms with van der Waals surface area (Å²) in [7, 11) is -3.48. The molecule has 1 aliphatic carbocycles. The first-order chi connectivity index (χ1) is 12.5. The molecule has 1 aliphatic heterocycles. The fourth-order valence-corrected chi connectivity index (χ4v) is 5.90. The molecular formula is C19H22N2O3S2. The third kappa shape index (κ3) is 3.43. The van der Waals surface area contributed by atoms with Gasteiger partial charge in [0.25, 0.3) is 0 Å². The van der Waals surface area contributed by atoms with Crippen molar-refractivity contribution >= 4 is 33.0 Å². The number of aryl methyl sites for hydroxylation is 2. The molecule has 1 saturated heterocycles. The van der Waals surface area contributed by atoms with Crippen molar-refractivity contribution in [2.24, 2.45) is 5.92 Å². The van der Waals surface area contributed by atoms with E-state index in [0.29, 0.717) is 30.8 Å². The fourth-order valence-electron chi connectivity index (χ4n) is 3.80. The molecule has 0 atom stereocenters. The minimum absolute atomic E-state index is 0.0158. The van der Waals surface area contributed by atoms with Crippen LogP contribution in [0.15, 0.2) is 39.9 Å². The number of sulfonamides is 1. The predicted molar refractivity (Wildman–Crippen MR) is 103 cm³/mol. The Kier molecular flexibility index (Phi) is 4.86. The maximum absolute atomic E-state index is 12.9. The molecule has 0 spiro atoms. The molecule has 5 nitrogen and oxygen atoms in total. The van der Waals surface area contributed by atoms with Gasteiger partial charge in [-0.15, -0.1) is 0 Å². The highest BCUT2D eigenvalue weighted by molar-refractivity contribution is 7.89. The minimum Gasteiger partial charge on any atom is -0.325 e. The molecule has 1 aromatic carbocycles. The number of thiophene rings is 1. The van der Waals surface area contributed by atoms with E-state index in [1.165, 1.54) is 21.2 Å². The summed E-state index contributed by atoms with van der Waals surface area (Å²) >= 11 is 1.54. The molecule has 7 heteroatoms. The van der Waals surface area contributed by atoms with Crippen LogP contribution in [0, 0.1) is 5.92 Å². The Bertz CT molecular complexity index is 899. The Morgan fingerprint density at radius 2 is 1.88 bits per heavy atom. The number of amides is 1. The maximum Gasteiger partial charge on any atom is 0.243 e. The van der Waals surface area contributed by atoms with Gasteiger partial charge in [0.1, 0.15) is 0 Å². The van der Waals surface area contributed by atoms with Gasteiger partial charge >= 0.3 is 0 Å². The van der Waals surface area contributed by atoms with Crippen LogP contribution in [0.2, 0.25) is 0 Å². The van der Waals surface area contributed by atoms with Crippen molar-refractivity contribution in [3.63, 3.8) is 0 Å². The second-order valence-electron chi connectivity index (χ2n) is 6.96. The minimum atomic E-state index is -3.48. The van der Waals surface area contributed by atoms with Gasteiger partial charge in [0.2, 0.25) is 15.9 Å². The average molecular weight is 391 g/mol. The van der Waals surface area contributed by atoms with Crippen molar-refractivity contribution < 1.29 is 13.2 Å². The largest absolute Gasteiger partial charge is 0.325 e. The van der Waals surface area contributed by atoms with Crippen LogP contribution >= 0.6 is 11.3 Å². The maximum atomic E-state index is 12.9. The van der Waals surface area contributed by atoms with E-state index in [9.17, 15) is 13.2 Å².